The molecule has 170 valence electrons. The zero-order valence-electron chi connectivity index (χ0n) is 18.2. The number of rotatable bonds is 7. The summed E-state index contributed by atoms with van der Waals surface area (Å²) < 4.78 is 5.22. The summed E-state index contributed by atoms with van der Waals surface area (Å²) in [6.07, 6.45) is 3.08. The number of carbonyl (C=O) groups excluding carboxylic acids is 1. The standard InChI is InChI=1S/C20H33ClN6O2.HI/c1-5-22-18(24-11-7-12-25-19(28)29-20(2,3)4)26-15-9-13-27(14-15)17-16(21)8-6-10-23-17;/h6,8,10,15H,5,7,9,11-14H2,1-4H3,(H,25,28)(H2,22,24,26);1H. The SMILES string of the molecule is CCNC(=NCCCNC(=O)OC(C)(C)C)NC1CCN(c2ncccc2Cl)C1.I. The minimum atomic E-state index is -0.487. The van der Waals surface area contributed by atoms with E-state index >= 15 is 0 Å². The Labute approximate surface area is 201 Å². The maximum absolute atomic E-state index is 11.6. The highest BCUT2D eigenvalue weighted by Gasteiger charge is 2.25. The van der Waals surface area contributed by atoms with Crippen LogP contribution < -0.4 is 20.9 Å². The van der Waals surface area contributed by atoms with Gasteiger partial charge in [0.15, 0.2) is 5.96 Å². The molecule has 2 heterocycles. The van der Waals surface area contributed by atoms with Gasteiger partial charge in [-0.2, -0.15) is 0 Å². The van der Waals surface area contributed by atoms with Crippen LogP contribution in [0.25, 0.3) is 0 Å². The van der Waals surface area contributed by atoms with E-state index in [4.69, 9.17) is 16.3 Å². The molecule has 0 aliphatic carbocycles. The zero-order valence-corrected chi connectivity index (χ0v) is 21.3. The van der Waals surface area contributed by atoms with E-state index in [1.165, 1.54) is 0 Å². The number of nitrogens with one attached hydrogen (secondary N) is 3. The molecule has 2 rings (SSSR count). The highest BCUT2D eigenvalue weighted by molar-refractivity contribution is 14.0. The summed E-state index contributed by atoms with van der Waals surface area (Å²) in [7, 11) is 0. The summed E-state index contributed by atoms with van der Waals surface area (Å²) >= 11 is 6.26. The first-order chi connectivity index (χ1) is 13.8. The van der Waals surface area contributed by atoms with Gasteiger partial charge in [-0.15, -0.1) is 24.0 Å². The van der Waals surface area contributed by atoms with E-state index in [9.17, 15) is 4.79 Å². The van der Waals surface area contributed by atoms with Crippen molar-refractivity contribution in [2.75, 3.05) is 37.6 Å². The van der Waals surface area contributed by atoms with Crippen LogP contribution in [0, 0.1) is 0 Å². The Morgan fingerprint density at radius 3 is 2.83 bits per heavy atom. The molecule has 1 aliphatic rings. The quantitative estimate of drug-likeness (QED) is 0.208. The lowest BCUT2D eigenvalue weighted by Crippen LogP contribution is -2.44. The summed E-state index contributed by atoms with van der Waals surface area (Å²) in [5.41, 5.74) is -0.487. The summed E-state index contributed by atoms with van der Waals surface area (Å²) in [6.45, 7) is 11.2. The third-order valence-electron chi connectivity index (χ3n) is 4.18. The molecule has 1 aromatic heterocycles. The van der Waals surface area contributed by atoms with E-state index in [1.807, 2.05) is 39.8 Å². The number of ether oxygens (including phenoxy) is 1. The first kappa shape index (κ1) is 26.5. The van der Waals surface area contributed by atoms with Gasteiger partial charge in [-0.3, -0.25) is 4.99 Å². The first-order valence-corrected chi connectivity index (χ1v) is 10.5. The highest BCUT2D eigenvalue weighted by atomic mass is 127. The van der Waals surface area contributed by atoms with E-state index in [-0.39, 0.29) is 30.0 Å². The number of anilines is 1. The number of nitrogens with zero attached hydrogens (tertiary/aromatic N) is 3. The molecule has 10 heteroatoms. The van der Waals surface area contributed by atoms with Gasteiger partial charge >= 0.3 is 6.09 Å². The van der Waals surface area contributed by atoms with Crippen molar-refractivity contribution in [1.82, 2.24) is 20.9 Å². The molecule has 1 unspecified atom stereocenters. The van der Waals surface area contributed by atoms with Crippen LogP contribution in [0.3, 0.4) is 0 Å². The summed E-state index contributed by atoms with van der Waals surface area (Å²) in [6, 6.07) is 3.97. The van der Waals surface area contributed by atoms with Gasteiger partial charge in [0.2, 0.25) is 0 Å². The maximum atomic E-state index is 11.6. The topological polar surface area (TPSA) is 90.9 Å². The lowest BCUT2D eigenvalue weighted by atomic mass is 10.2. The van der Waals surface area contributed by atoms with Gasteiger partial charge in [-0.05, 0) is 52.7 Å². The molecule has 0 aromatic carbocycles. The second kappa shape index (κ2) is 13.0. The van der Waals surface area contributed by atoms with Crippen LogP contribution in [0.1, 0.15) is 40.5 Å². The van der Waals surface area contributed by atoms with Crippen molar-refractivity contribution in [2.24, 2.45) is 4.99 Å². The van der Waals surface area contributed by atoms with Gasteiger partial charge in [0.05, 0.1) is 5.02 Å². The summed E-state index contributed by atoms with van der Waals surface area (Å²) in [5.74, 6) is 1.61. The van der Waals surface area contributed by atoms with Crippen LogP contribution in [0.2, 0.25) is 5.02 Å². The molecule has 1 amide bonds. The molecular weight excluding hydrogens is 519 g/mol. The molecule has 1 fully saturated rings. The molecule has 1 atom stereocenters. The highest BCUT2D eigenvalue weighted by Crippen LogP contribution is 2.25. The number of hydrogen-bond acceptors (Lipinski definition) is 5. The Kier molecular flexibility index (Phi) is 11.5. The smallest absolute Gasteiger partial charge is 0.407 e. The third kappa shape index (κ3) is 9.55. The van der Waals surface area contributed by atoms with Crippen LogP contribution in [0.15, 0.2) is 23.3 Å². The van der Waals surface area contributed by atoms with Crippen LogP contribution in [0.4, 0.5) is 10.6 Å². The van der Waals surface area contributed by atoms with E-state index in [1.54, 1.807) is 6.20 Å². The van der Waals surface area contributed by atoms with E-state index < -0.39 is 11.7 Å². The number of carbonyl (C=O) groups is 1. The fourth-order valence-electron chi connectivity index (χ4n) is 2.97. The van der Waals surface area contributed by atoms with Crippen molar-refractivity contribution >= 4 is 53.4 Å². The molecule has 0 radical (unpaired) electrons. The van der Waals surface area contributed by atoms with E-state index in [0.29, 0.717) is 18.1 Å². The Bertz CT molecular complexity index is 698. The van der Waals surface area contributed by atoms with Crippen molar-refractivity contribution in [3.05, 3.63) is 23.4 Å². The fourth-order valence-corrected chi connectivity index (χ4v) is 3.21. The van der Waals surface area contributed by atoms with E-state index in [0.717, 1.165) is 44.3 Å². The van der Waals surface area contributed by atoms with Crippen molar-refractivity contribution < 1.29 is 9.53 Å². The van der Waals surface area contributed by atoms with Crippen molar-refractivity contribution in [3.63, 3.8) is 0 Å². The normalized spacial score (nSPS) is 16.6. The number of aromatic nitrogens is 1. The Balaban J connectivity index is 0.00000450. The average molecular weight is 553 g/mol. The van der Waals surface area contributed by atoms with Crippen molar-refractivity contribution in [3.8, 4) is 0 Å². The average Bonchev–Trinajstić information content (AvgIpc) is 3.08. The van der Waals surface area contributed by atoms with Crippen molar-refractivity contribution in [2.45, 2.75) is 52.2 Å². The van der Waals surface area contributed by atoms with Gasteiger partial charge in [0.25, 0.3) is 0 Å². The predicted molar refractivity (Wildman–Crippen MR) is 133 cm³/mol. The number of amides is 1. The van der Waals surface area contributed by atoms with E-state index in [2.05, 4.69) is 30.8 Å². The van der Waals surface area contributed by atoms with Gasteiger partial charge in [0.1, 0.15) is 11.4 Å². The second-order valence-corrected chi connectivity index (χ2v) is 8.33. The fraction of sp³-hybridized carbons (Fsp3) is 0.650. The monoisotopic (exact) mass is 552 g/mol. The summed E-state index contributed by atoms with van der Waals surface area (Å²) in [4.78, 5) is 22.8. The number of alkyl carbamates (subject to hydrolysis) is 1. The molecule has 30 heavy (non-hydrogen) atoms. The maximum Gasteiger partial charge on any atom is 0.407 e. The summed E-state index contributed by atoms with van der Waals surface area (Å²) in [5, 5.41) is 10.2. The predicted octanol–water partition coefficient (Wildman–Crippen LogP) is 3.40. The molecule has 0 bridgehead atoms. The lowest BCUT2D eigenvalue weighted by Gasteiger charge is -2.20. The Hall–Kier alpha value is -1.49. The number of pyridine rings is 1. The molecule has 8 nitrogen and oxygen atoms in total. The molecule has 3 N–H and O–H groups in total. The molecule has 0 spiro atoms. The minimum Gasteiger partial charge on any atom is -0.444 e. The van der Waals surface area contributed by atoms with Crippen LogP contribution in [0.5, 0.6) is 0 Å². The second-order valence-electron chi connectivity index (χ2n) is 7.93. The molecule has 1 aliphatic heterocycles. The van der Waals surface area contributed by atoms with Gasteiger partial charge in [-0.25, -0.2) is 9.78 Å². The number of aliphatic imine (C=N–C) groups is 1. The number of hydrogen-bond donors (Lipinski definition) is 3. The van der Waals surface area contributed by atoms with Crippen LogP contribution in [-0.2, 0) is 4.74 Å². The molecular formula is C20H34ClIN6O2. The van der Waals surface area contributed by atoms with Gasteiger partial charge in [0, 0.05) is 45.0 Å². The lowest BCUT2D eigenvalue weighted by molar-refractivity contribution is 0.0527. The number of halogens is 2. The van der Waals surface area contributed by atoms with Crippen LogP contribution in [-0.4, -0.2) is 61.4 Å². The molecule has 0 saturated carbocycles. The van der Waals surface area contributed by atoms with Crippen LogP contribution >= 0.6 is 35.6 Å². The number of guanidine groups is 1. The first-order valence-electron chi connectivity index (χ1n) is 10.2. The third-order valence-corrected chi connectivity index (χ3v) is 4.48. The minimum absolute atomic E-state index is 0. The zero-order chi connectivity index (χ0) is 21.3. The van der Waals surface area contributed by atoms with Crippen molar-refractivity contribution in [1.29, 1.82) is 0 Å². The molecule has 1 aromatic rings. The van der Waals surface area contributed by atoms with Gasteiger partial charge in [-0.1, -0.05) is 11.6 Å². The van der Waals surface area contributed by atoms with Gasteiger partial charge < -0.3 is 25.6 Å². The Morgan fingerprint density at radius 2 is 2.17 bits per heavy atom. The molecule has 1 saturated heterocycles. The largest absolute Gasteiger partial charge is 0.444 e. The Morgan fingerprint density at radius 1 is 1.40 bits per heavy atom.